The van der Waals surface area contributed by atoms with E-state index in [0.717, 1.165) is 12.2 Å². The van der Waals surface area contributed by atoms with Gasteiger partial charge in [0.25, 0.3) is 5.56 Å². The molecule has 2 aromatic rings. The number of nitrogens with zero attached hydrogens (tertiary/aromatic N) is 3. The maximum Gasteiger partial charge on any atom is 0.251 e. The van der Waals surface area contributed by atoms with E-state index in [1.54, 1.807) is 19.3 Å². The third kappa shape index (κ3) is 2.90. The van der Waals surface area contributed by atoms with Crippen molar-refractivity contribution >= 4 is 12.2 Å². The molecule has 2 rings (SSSR count). The standard InChI is InChI=1S/C12H14N4O/c1-3-16-7-10(13-8-16)4-5-11-14-9(2)6-12(17)15-11/h4-8H,3H2,1-2H3,(H,14,15,17)/b5-4+. The fourth-order valence-electron chi connectivity index (χ4n) is 1.48. The van der Waals surface area contributed by atoms with Gasteiger partial charge in [0.15, 0.2) is 0 Å². The maximum atomic E-state index is 11.2. The Bertz CT molecular complexity index is 595. The number of hydrogen-bond acceptors (Lipinski definition) is 3. The summed E-state index contributed by atoms with van der Waals surface area (Å²) in [6.45, 7) is 4.73. The smallest absolute Gasteiger partial charge is 0.251 e. The third-order valence-corrected chi connectivity index (χ3v) is 2.32. The zero-order valence-corrected chi connectivity index (χ0v) is 9.84. The molecule has 0 bridgehead atoms. The van der Waals surface area contributed by atoms with Crippen molar-refractivity contribution in [1.29, 1.82) is 0 Å². The van der Waals surface area contributed by atoms with Crippen LogP contribution in [0.3, 0.4) is 0 Å². The maximum absolute atomic E-state index is 11.2. The highest BCUT2D eigenvalue weighted by Crippen LogP contribution is 2.02. The molecule has 0 atom stereocenters. The quantitative estimate of drug-likeness (QED) is 0.868. The molecule has 0 aliphatic heterocycles. The Kier molecular flexibility index (Phi) is 3.18. The molecule has 0 saturated heterocycles. The van der Waals surface area contributed by atoms with Gasteiger partial charge >= 0.3 is 0 Å². The first kappa shape index (κ1) is 11.3. The second-order valence-corrected chi connectivity index (χ2v) is 3.73. The van der Waals surface area contributed by atoms with Gasteiger partial charge in [-0.3, -0.25) is 4.79 Å². The topological polar surface area (TPSA) is 63.6 Å². The van der Waals surface area contributed by atoms with Crippen LogP contribution in [0.25, 0.3) is 12.2 Å². The SMILES string of the molecule is CCn1cnc(/C=C/c2nc(C)cc(=O)[nH]2)c1. The summed E-state index contributed by atoms with van der Waals surface area (Å²) in [6.07, 6.45) is 7.27. The molecular weight excluding hydrogens is 216 g/mol. The summed E-state index contributed by atoms with van der Waals surface area (Å²) in [5, 5.41) is 0. The molecule has 0 unspecified atom stereocenters. The summed E-state index contributed by atoms with van der Waals surface area (Å²) >= 11 is 0. The number of aromatic nitrogens is 4. The van der Waals surface area contributed by atoms with Crippen molar-refractivity contribution < 1.29 is 0 Å². The van der Waals surface area contributed by atoms with E-state index in [4.69, 9.17) is 0 Å². The molecule has 0 aliphatic rings. The highest BCUT2D eigenvalue weighted by Gasteiger charge is 1.95. The average molecular weight is 230 g/mol. The van der Waals surface area contributed by atoms with Crippen LogP contribution in [0, 0.1) is 6.92 Å². The zero-order valence-electron chi connectivity index (χ0n) is 9.84. The van der Waals surface area contributed by atoms with E-state index in [-0.39, 0.29) is 5.56 Å². The molecule has 1 N–H and O–H groups in total. The van der Waals surface area contributed by atoms with Crippen molar-refractivity contribution in [2.45, 2.75) is 20.4 Å². The minimum Gasteiger partial charge on any atom is -0.337 e. The van der Waals surface area contributed by atoms with E-state index in [1.165, 1.54) is 6.07 Å². The summed E-state index contributed by atoms with van der Waals surface area (Å²) in [5.41, 5.74) is 1.40. The van der Waals surface area contributed by atoms with Gasteiger partial charge < -0.3 is 9.55 Å². The Morgan fingerprint density at radius 3 is 2.94 bits per heavy atom. The normalized spacial score (nSPS) is 11.2. The highest BCUT2D eigenvalue weighted by atomic mass is 16.1. The van der Waals surface area contributed by atoms with Crippen molar-refractivity contribution in [2.75, 3.05) is 0 Å². The van der Waals surface area contributed by atoms with Crippen molar-refractivity contribution in [3.63, 3.8) is 0 Å². The largest absolute Gasteiger partial charge is 0.337 e. The Balaban J connectivity index is 2.22. The van der Waals surface area contributed by atoms with Crippen molar-refractivity contribution in [2.24, 2.45) is 0 Å². The zero-order chi connectivity index (χ0) is 12.3. The van der Waals surface area contributed by atoms with Gasteiger partial charge in [0, 0.05) is 24.5 Å². The second kappa shape index (κ2) is 4.78. The number of aryl methyl sites for hydroxylation is 2. The third-order valence-electron chi connectivity index (χ3n) is 2.32. The van der Waals surface area contributed by atoms with E-state index in [2.05, 4.69) is 21.9 Å². The van der Waals surface area contributed by atoms with Gasteiger partial charge in [-0.05, 0) is 26.0 Å². The Morgan fingerprint density at radius 1 is 1.47 bits per heavy atom. The summed E-state index contributed by atoms with van der Waals surface area (Å²) in [5.74, 6) is 0.543. The predicted octanol–water partition coefficient (Wildman–Crippen LogP) is 1.47. The Morgan fingerprint density at radius 2 is 2.29 bits per heavy atom. The van der Waals surface area contributed by atoms with Crippen LogP contribution in [0.15, 0.2) is 23.4 Å². The first-order valence-electron chi connectivity index (χ1n) is 5.45. The lowest BCUT2D eigenvalue weighted by atomic mass is 10.3. The molecule has 0 spiro atoms. The minimum atomic E-state index is -0.142. The van der Waals surface area contributed by atoms with Crippen LogP contribution in [0.1, 0.15) is 24.1 Å². The van der Waals surface area contributed by atoms with E-state index in [9.17, 15) is 4.79 Å². The van der Waals surface area contributed by atoms with Crippen molar-refractivity contribution in [3.05, 3.63) is 46.2 Å². The summed E-state index contributed by atoms with van der Waals surface area (Å²) in [4.78, 5) is 22.3. The summed E-state index contributed by atoms with van der Waals surface area (Å²) < 4.78 is 1.98. The van der Waals surface area contributed by atoms with Crippen LogP contribution in [-0.2, 0) is 6.54 Å². The molecule has 17 heavy (non-hydrogen) atoms. The molecular formula is C12H14N4O. The van der Waals surface area contributed by atoms with Gasteiger partial charge in [-0.2, -0.15) is 0 Å². The van der Waals surface area contributed by atoms with Crippen LogP contribution in [-0.4, -0.2) is 19.5 Å². The van der Waals surface area contributed by atoms with Crippen LogP contribution < -0.4 is 5.56 Å². The predicted molar refractivity (Wildman–Crippen MR) is 66.4 cm³/mol. The van der Waals surface area contributed by atoms with Gasteiger partial charge in [0.05, 0.1) is 12.0 Å². The number of aromatic amines is 1. The molecule has 0 amide bonds. The Labute approximate surface area is 98.9 Å². The minimum absolute atomic E-state index is 0.142. The van der Waals surface area contributed by atoms with Crippen molar-refractivity contribution in [1.82, 2.24) is 19.5 Å². The fourth-order valence-corrected chi connectivity index (χ4v) is 1.48. The molecule has 5 nitrogen and oxygen atoms in total. The first-order valence-corrected chi connectivity index (χ1v) is 5.45. The van der Waals surface area contributed by atoms with Gasteiger partial charge in [-0.15, -0.1) is 0 Å². The molecule has 0 aromatic carbocycles. The molecule has 2 aromatic heterocycles. The lowest BCUT2D eigenvalue weighted by Crippen LogP contribution is -2.08. The van der Waals surface area contributed by atoms with Gasteiger partial charge in [0.2, 0.25) is 0 Å². The number of hydrogen-bond donors (Lipinski definition) is 1. The van der Waals surface area contributed by atoms with Gasteiger partial charge in [0.1, 0.15) is 5.82 Å². The highest BCUT2D eigenvalue weighted by molar-refractivity contribution is 5.64. The molecule has 0 aliphatic carbocycles. The lowest BCUT2D eigenvalue weighted by Gasteiger charge is -1.94. The van der Waals surface area contributed by atoms with Crippen LogP contribution in [0.5, 0.6) is 0 Å². The number of rotatable bonds is 3. The summed E-state index contributed by atoms with van der Waals surface area (Å²) in [7, 11) is 0. The number of H-pyrrole nitrogens is 1. The van der Waals surface area contributed by atoms with E-state index in [1.807, 2.05) is 16.8 Å². The fraction of sp³-hybridized carbons (Fsp3) is 0.250. The Hall–Kier alpha value is -2.17. The van der Waals surface area contributed by atoms with E-state index in [0.29, 0.717) is 11.5 Å². The molecule has 5 heteroatoms. The monoisotopic (exact) mass is 230 g/mol. The summed E-state index contributed by atoms with van der Waals surface area (Å²) in [6, 6.07) is 1.46. The number of nitrogens with one attached hydrogen (secondary N) is 1. The number of imidazole rings is 1. The van der Waals surface area contributed by atoms with E-state index < -0.39 is 0 Å². The molecule has 2 heterocycles. The van der Waals surface area contributed by atoms with E-state index >= 15 is 0 Å². The van der Waals surface area contributed by atoms with Gasteiger partial charge in [-0.1, -0.05) is 0 Å². The van der Waals surface area contributed by atoms with Gasteiger partial charge in [-0.25, -0.2) is 9.97 Å². The lowest BCUT2D eigenvalue weighted by molar-refractivity contribution is 0.761. The van der Waals surface area contributed by atoms with Crippen LogP contribution >= 0.6 is 0 Å². The first-order chi connectivity index (χ1) is 8.17. The van der Waals surface area contributed by atoms with Crippen LogP contribution in [0.2, 0.25) is 0 Å². The van der Waals surface area contributed by atoms with Crippen LogP contribution in [0.4, 0.5) is 0 Å². The molecule has 88 valence electrons. The molecule has 0 radical (unpaired) electrons. The second-order valence-electron chi connectivity index (χ2n) is 3.73. The average Bonchev–Trinajstić information content (AvgIpc) is 2.73. The van der Waals surface area contributed by atoms with Crippen molar-refractivity contribution in [3.8, 4) is 0 Å². The molecule has 0 saturated carbocycles. The molecule has 0 fully saturated rings.